The van der Waals surface area contributed by atoms with E-state index in [-0.39, 0.29) is 5.91 Å². The Morgan fingerprint density at radius 2 is 1.82 bits per heavy atom. The Bertz CT molecular complexity index is 1270. The lowest BCUT2D eigenvalue weighted by Gasteiger charge is -2.35. The highest BCUT2D eigenvalue weighted by Crippen LogP contribution is 2.30. The zero-order valence-electron chi connectivity index (χ0n) is 19.0. The van der Waals surface area contributed by atoms with Crippen molar-refractivity contribution in [2.45, 2.75) is 13.3 Å². The van der Waals surface area contributed by atoms with Gasteiger partial charge in [-0.25, -0.2) is 0 Å². The highest BCUT2D eigenvalue weighted by atomic mass is 32.1. The topological polar surface area (TPSA) is 66.3 Å². The van der Waals surface area contributed by atoms with Crippen molar-refractivity contribution in [3.8, 4) is 0 Å². The SMILES string of the molecule is Cc1cc(C(=O)Nc2ccccc2CCN2CCN(c3nsc4ccccc34)CC2)n(C)n1. The molecule has 3 heterocycles. The van der Waals surface area contributed by atoms with E-state index in [9.17, 15) is 4.79 Å². The maximum Gasteiger partial charge on any atom is 0.273 e. The van der Waals surface area contributed by atoms with E-state index in [1.165, 1.54) is 10.1 Å². The summed E-state index contributed by atoms with van der Waals surface area (Å²) < 4.78 is 7.58. The van der Waals surface area contributed by atoms with Crippen molar-refractivity contribution in [1.82, 2.24) is 19.1 Å². The van der Waals surface area contributed by atoms with Crippen LogP contribution in [0.25, 0.3) is 10.1 Å². The average Bonchev–Trinajstić information content (AvgIpc) is 3.41. The van der Waals surface area contributed by atoms with Gasteiger partial charge in [-0.05, 0) is 54.7 Å². The third kappa shape index (κ3) is 4.62. The molecule has 2 aromatic heterocycles. The number of amides is 1. The van der Waals surface area contributed by atoms with Crippen molar-refractivity contribution >= 4 is 39.0 Å². The Morgan fingerprint density at radius 3 is 2.61 bits per heavy atom. The van der Waals surface area contributed by atoms with Gasteiger partial charge in [0, 0.05) is 50.8 Å². The van der Waals surface area contributed by atoms with Crippen LogP contribution in [0.4, 0.5) is 11.5 Å². The third-order valence-corrected chi connectivity index (χ3v) is 7.04. The number of aryl methyl sites for hydroxylation is 2. The minimum absolute atomic E-state index is 0.130. The summed E-state index contributed by atoms with van der Waals surface area (Å²) in [5, 5.41) is 8.61. The van der Waals surface area contributed by atoms with E-state index >= 15 is 0 Å². The number of rotatable bonds is 6. The monoisotopic (exact) mass is 460 g/mol. The summed E-state index contributed by atoms with van der Waals surface area (Å²) in [4.78, 5) is 17.7. The van der Waals surface area contributed by atoms with Gasteiger partial charge in [-0.15, -0.1) is 0 Å². The van der Waals surface area contributed by atoms with Gasteiger partial charge in [-0.3, -0.25) is 14.4 Å². The molecule has 0 unspecified atom stereocenters. The van der Waals surface area contributed by atoms with Gasteiger partial charge < -0.3 is 10.2 Å². The van der Waals surface area contributed by atoms with E-state index in [1.807, 2.05) is 31.2 Å². The quantitative estimate of drug-likeness (QED) is 0.472. The van der Waals surface area contributed by atoms with Gasteiger partial charge in [0.25, 0.3) is 5.91 Å². The number of carbonyl (C=O) groups excluding carboxylic acids is 1. The lowest BCUT2D eigenvalue weighted by Crippen LogP contribution is -2.47. The molecule has 0 atom stereocenters. The van der Waals surface area contributed by atoms with Crippen molar-refractivity contribution in [3.63, 3.8) is 0 Å². The third-order valence-electron chi connectivity index (χ3n) is 6.23. The predicted octanol–water partition coefficient (Wildman–Crippen LogP) is 3.96. The summed E-state index contributed by atoms with van der Waals surface area (Å²) in [5.74, 6) is 0.989. The summed E-state index contributed by atoms with van der Waals surface area (Å²) >= 11 is 1.58. The number of piperazine rings is 1. The van der Waals surface area contributed by atoms with E-state index in [0.29, 0.717) is 5.69 Å². The first kappa shape index (κ1) is 21.6. The highest BCUT2D eigenvalue weighted by Gasteiger charge is 2.21. The van der Waals surface area contributed by atoms with Crippen LogP contribution in [0, 0.1) is 6.92 Å². The molecule has 8 heteroatoms. The maximum atomic E-state index is 12.8. The summed E-state index contributed by atoms with van der Waals surface area (Å²) in [5.41, 5.74) is 3.42. The van der Waals surface area contributed by atoms with Crippen LogP contribution >= 0.6 is 11.5 Å². The Kier molecular flexibility index (Phi) is 6.11. The number of fused-ring (bicyclic) bond motifs is 1. The second kappa shape index (κ2) is 9.33. The first-order valence-electron chi connectivity index (χ1n) is 11.3. The molecule has 2 aromatic carbocycles. The van der Waals surface area contributed by atoms with E-state index < -0.39 is 0 Å². The molecule has 0 bridgehead atoms. The Morgan fingerprint density at radius 1 is 1.06 bits per heavy atom. The molecule has 4 aromatic rings. The molecule has 0 radical (unpaired) electrons. The van der Waals surface area contributed by atoms with Crippen molar-refractivity contribution < 1.29 is 4.79 Å². The molecule has 5 rings (SSSR count). The van der Waals surface area contributed by atoms with E-state index in [0.717, 1.165) is 61.9 Å². The maximum absolute atomic E-state index is 12.8. The van der Waals surface area contributed by atoms with Crippen LogP contribution in [0.15, 0.2) is 54.6 Å². The predicted molar refractivity (Wildman–Crippen MR) is 134 cm³/mol. The first-order valence-corrected chi connectivity index (χ1v) is 12.1. The molecule has 1 aliphatic rings. The van der Waals surface area contributed by atoms with Crippen LogP contribution in [-0.4, -0.2) is 57.7 Å². The summed E-state index contributed by atoms with van der Waals surface area (Å²) in [6, 6.07) is 18.3. The molecular weight excluding hydrogens is 432 g/mol. The van der Waals surface area contributed by atoms with Gasteiger partial charge in [0.05, 0.1) is 10.4 Å². The summed E-state index contributed by atoms with van der Waals surface area (Å²) in [6.07, 6.45) is 0.889. The molecule has 170 valence electrons. The second-order valence-electron chi connectivity index (χ2n) is 8.49. The van der Waals surface area contributed by atoms with E-state index in [2.05, 4.69) is 50.5 Å². The number of hydrogen-bond donors (Lipinski definition) is 1. The van der Waals surface area contributed by atoms with Gasteiger partial charge in [-0.2, -0.15) is 9.47 Å². The zero-order chi connectivity index (χ0) is 22.8. The lowest BCUT2D eigenvalue weighted by molar-refractivity contribution is 0.101. The van der Waals surface area contributed by atoms with Crippen LogP contribution in [0.1, 0.15) is 21.7 Å². The van der Waals surface area contributed by atoms with Crippen LogP contribution in [0.2, 0.25) is 0 Å². The summed E-state index contributed by atoms with van der Waals surface area (Å²) in [7, 11) is 1.79. The number of anilines is 2. The number of carbonyl (C=O) groups is 1. The fourth-order valence-corrected chi connectivity index (χ4v) is 5.23. The molecule has 1 N–H and O–H groups in total. The Hall–Kier alpha value is -3.23. The minimum Gasteiger partial charge on any atom is -0.353 e. The summed E-state index contributed by atoms with van der Waals surface area (Å²) in [6.45, 7) is 6.83. The van der Waals surface area contributed by atoms with Crippen molar-refractivity contribution in [2.75, 3.05) is 42.9 Å². The molecule has 0 spiro atoms. The molecule has 1 amide bonds. The second-order valence-corrected chi connectivity index (χ2v) is 9.29. The van der Waals surface area contributed by atoms with E-state index in [1.54, 1.807) is 23.3 Å². The van der Waals surface area contributed by atoms with Gasteiger partial charge in [0.15, 0.2) is 0 Å². The average molecular weight is 461 g/mol. The number of nitrogens with one attached hydrogen (secondary N) is 1. The molecular formula is C25H28N6OS. The van der Waals surface area contributed by atoms with Crippen LogP contribution in [0.3, 0.4) is 0 Å². The van der Waals surface area contributed by atoms with Gasteiger partial charge in [0.1, 0.15) is 11.5 Å². The molecule has 1 fully saturated rings. The standard InChI is InChI=1S/C25H28N6OS/c1-18-17-22(29(2)27-18)25(32)26-21-9-5-3-7-19(21)11-12-30-13-15-31(16-14-30)24-20-8-4-6-10-23(20)33-28-24/h3-10,17H,11-16H2,1-2H3,(H,26,32). The fourth-order valence-electron chi connectivity index (χ4n) is 4.43. The number of nitrogens with zero attached hydrogens (tertiary/aromatic N) is 5. The Labute approximate surface area is 197 Å². The highest BCUT2D eigenvalue weighted by molar-refractivity contribution is 7.13. The largest absolute Gasteiger partial charge is 0.353 e. The van der Waals surface area contributed by atoms with Crippen LogP contribution in [-0.2, 0) is 13.5 Å². The fraction of sp³-hybridized carbons (Fsp3) is 0.320. The molecule has 33 heavy (non-hydrogen) atoms. The van der Waals surface area contributed by atoms with Gasteiger partial charge in [0.2, 0.25) is 0 Å². The van der Waals surface area contributed by atoms with Gasteiger partial charge in [-0.1, -0.05) is 30.3 Å². The normalized spacial score (nSPS) is 14.7. The number of para-hydroxylation sites is 1. The first-order chi connectivity index (χ1) is 16.1. The molecule has 1 aliphatic heterocycles. The van der Waals surface area contributed by atoms with Crippen molar-refractivity contribution in [3.05, 3.63) is 71.5 Å². The minimum atomic E-state index is -0.130. The van der Waals surface area contributed by atoms with Gasteiger partial charge >= 0.3 is 0 Å². The number of aromatic nitrogens is 3. The number of hydrogen-bond acceptors (Lipinski definition) is 6. The van der Waals surface area contributed by atoms with Crippen molar-refractivity contribution in [2.24, 2.45) is 7.05 Å². The number of benzene rings is 2. The van der Waals surface area contributed by atoms with E-state index in [4.69, 9.17) is 4.37 Å². The Balaban J connectivity index is 1.19. The smallest absolute Gasteiger partial charge is 0.273 e. The molecule has 7 nitrogen and oxygen atoms in total. The molecule has 0 saturated carbocycles. The van der Waals surface area contributed by atoms with Crippen molar-refractivity contribution in [1.29, 1.82) is 0 Å². The molecule has 1 saturated heterocycles. The zero-order valence-corrected chi connectivity index (χ0v) is 19.8. The lowest BCUT2D eigenvalue weighted by atomic mass is 10.1. The van der Waals surface area contributed by atoms with Crippen LogP contribution in [0.5, 0.6) is 0 Å². The molecule has 0 aliphatic carbocycles. The van der Waals surface area contributed by atoms with Crippen LogP contribution < -0.4 is 10.2 Å².